The second-order valence-electron chi connectivity index (χ2n) is 4.68. The van der Waals surface area contributed by atoms with Crippen LogP contribution in [0.15, 0.2) is 42.5 Å². The SMILES string of the molecule is CCC(N)C(Oc1cccc(Cl)c1Cl)c1ccccc1Cl. The average molecular weight is 345 g/mol. The molecule has 2 unspecified atom stereocenters. The van der Waals surface area contributed by atoms with Gasteiger partial charge in [0.05, 0.1) is 5.02 Å². The highest BCUT2D eigenvalue weighted by atomic mass is 35.5. The minimum Gasteiger partial charge on any atom is -0.482 e. The Balaban J connectivity index is 2.38. The van der Waals surface area contributed by atoms with Gasteiger partial charge in [0.2, 0.25) is 0 Å². The molecule has 0 radical (unpaired) electrons. The van der Waals surface area contributed by atoms with Gasteiger partial charge in [0.15, 0.2) is 0 Å². The van der Waals surface area contributed by atoms with E-state index >= 15 is 0 Å². The number of halogens is 3. The van der Waals surface area contributed by atoms with Gasteiger partial charge < -0.3 is 10.5 Å². The third-order valence-corrected chi connectivity index (χ3v) is 4.39. The first-order valence-electron chi connectivity index (χ1n) is 6.65. The fraction of sp³-hybridized carbons (Fsp3) is 0.250. The topological polar surface area (TPSA) is 35.2 Å². The number of hydrogen-bond donors (Lipinski definition) is 1. The summed E-state index contributed by atoms with van der Waals surface area (Å²) in [5.41, 5.74) is 7.03. The first kappa shape index (κ1) is 16.4. The number of ether oxygens (including phenoxy) is 1. The minimum atomic E-state index is -0.389. The van der Waals surface area contributed by atoms with Crippen molar-refractivity contribution in [2.24, 2.45) is 5.73 Å². The van der Waals surface area contributed by atoms with E-state index in [4.69, 9.17) is 45.3 Å². The summed E-state index contributed by atoms with van der Waals surface area (Å²) >= 11 is 18.5. The molecule has 0 amide bonds. The third kappa shape index (κ3) is 3.83. The fourth-order valence-electron chi connectivity index (χ4n) is 2.01. The van der Waals surface area contributed by atoms with E-state index in [1.165, 1.54) is 0 Å². The smallest absolute Gasteiger partial charge is 0.140 e. The number of rotatable bonds is 5. The second-order valence-corrected chi connectivity index (χ2v) is 5.88. The maximum Gasteiger partial charge on any atom is 0.140 e. The van der Waals surface area contributed by atoms with Crippen molar-refractivity contribution in [1.82, 2.24) is 0 Å². The predicted octanol–water partition coefficient (Wildman–Crippen LogP) is 5.50. The quantitative estimate of drug-likeness (QED) is 0.776. The minimum absolute atomic E-state index is 0.208. The van der Waals surface area contributed by atoms with Crippen LogP contribution < -0.4 is 10.5 Å². The van der Waals surface area contributed by atoms with Gasteiger partial charge in [-0.3, -0.25) is 0 Å². The van der Waals surface area contributed by atoms with Crippen LogP contribution in [0.2, 0.25) is 15.1 Å². The zero-order chi connectivity index (χ0) is 15.4. The molecule has 0 aliphatic rings. The van der Waals surface area contributed by atoms with Gasteiger partial charge in [-0.05, 0) is 24.6 Å². The monoisotopic (exact) mass is 343 g/mol. The molecule has 5 heteroatoms. The van der Waals surface area contributed by atoms with E-state index in [-0.39, 0.29) is 12.1 Å². The molecule has 0 saturated heterocycles. The van der Waals surface area contributed by atoms with Gasteiger partial charge >= 0.3 is 0 Å². The number of nitrogens with two attached hydrogens (primary N) is 1. The Kier molecular flexibility index (Phi) is 5.77. The van der Waals surface area contributed by atoms with Gasteiger partial charge in [0.25, 0.3) is 0 Å². The highest BCUT2D eigenvalue weighted by Gasteiger charge is 2.24. The summed E-state index contributed by atoms with van der Waals surface area (Å²) in [6, 6.07) is 12.5. The Bertz CT molecular complexity index is 618. The number of benzene rings is 2. The van der Waals surface area contributed by atoms with Crippen LogP contribution in [0.1, 0.15) is 25.0 Å². The molecule has 0 aliphatic carbocycles. The van der Waals surface area contributed by atoms with E-state index in [1.54, 1.807) is 18.2 Å². The summed E-state index contributed by atoms with van der Waals surface area (Å²) in [5, 5.41) is 1.43. The molecule has 0 fully saturated rings. The van der Waals surface area contributed by atoms with Crippen LogP contribution in [-0.4, -0.2) is 6.04 Å². The van der Waals surface area contributed by atoms with Crippen LogP contribution in [0, 0.1) is 0 Å². The van der Waals surface area contributed by atoms with Gasteiger partial charge in [-0.25, -0.2) is 0 Å². The summed E-state index contributed by atoms with van der Waals surface area (Å²) in [5.74, 6) is 0.498. The molecular formula is C16H16Cl3NO. The summed E-state index contributed by atoms with van der Waals surface area (Å²) in [7, 11) is 0. The van der Waals surface area contributed by atoms with Gasteiger partial charge in [-0.1, -0.05) is 66.0 Å². The third-order valence-electron chi connectivity index (χ3n) is 3.24. The molecule has 0 aliphatic heterocycles. The first-order chi connectivity index (χ1) is 10.0. The largest absolute Gasteiger partial charge is 0.482 e. The highest BCUT2D eigenvalue weighted by Crippen LogP contribution is 2.36. The maximum absolute atomic E-state index is 6.26. The van der Waals surface area contributed by atoms with Gasteiger partial charge in [0.1, 0.15) is 16.9 Å². The van der Waals surface area contributed by atoms with Crippen LogP contribution in [0.4, 0.5) is 0 Å². The Morgan fingerprint density at radius 2 is 1.67 bits per heavy atom. The Morgan fingerprint density at radius 3 is 2.33 bits per heavy atom. The molecule has 2 aromatic rings. The lowest BCUT2D eigenvalue weighted by Gasteiger charge is -2.26. The van der Waals surface area contributed by atoms with Gasteiger partial charge in [-0.2, -0.15) is 0 Å². The number of hydrogen-bond acceptors (Lipinski definition) is 2. The van der Waals surface area contributed by atoms with Crippen molar-refractivity contribution in [2.75, 3.05) is 0 Å². The molecule has 2 nitrogen and oxygen atoms in total. The van der Waals surface area contributed by atoms with Crippen LogP contribution in [-0.2, 0) is 0 Å². The van der Waals surface area contributed by atoms with Gasteiger partial charge in [-0.15, -0.1) is 0 Å². The van der Waals surface area contributed by atoms with Crippen LogP contribution in [0.25, 0.3) is 0 Å². The molecule has 0 aromatic heterocycles. The van der Waals surface area contributed by atoms with E-state index in [1.807, 2.05) is 31.2 Å². The van der Waals surface area contributed by atoms with Crippen molar-refractivity contribution < 1.29 is 4.74 Å². The first-order valence-corrected chi connectivity index (χ1v) is 7.78. The molecule has 2 rings (SSSR count). The molecule has 2 atom stereocenters. The molecule has 0 spiro atoms. The normalized spacial score (nSPS) is 13.8. The molecule has 112 valence electrons. The van der Waals surface area contributed by atoms with Crippen molar-refractivity contribution in [2.45, 2.75) is 25.5 Å². The Morgan fingerprint density at radius 1 is 1.00 bits per heavy atom. The van der Waals surface area contributed by atoms with Crippen molar-refractivity contribution in [3.8, 4) is 5.75 Å². The molecule has 0 saturated carbocycles. The van der Waals surface area contributed by atoms with E-state index in [9.17, 15) is 0 Å². The lowest BCUT2D eigenvalue weighted by atomic mass is 10.0. The lowest BCUT2D eigenvalue weighted by Crippen LogP contribution is -2.31. The molecule has 21 heavy (non-hydrogen) atoms. The van der Waals surface area contributed by atoms with Gasteiger partial charge in [0, 0.05) is 16.6 Å². The summed E-state index contributed by atoms with van der Waals surface area (Å²) in [4.78, 5) is 0. The molecule has 2 aromatic carbocycles. The molecule has 0 heterocycles. The van der Waals surface area contributed by atoms with Crippen molar-refractivity contribution in [3.63, 3.8) is 0 Å². The highest BCUT2D eigenvalue weighted by molar-refractivity contribution is 6.42. The van der Waals surface area contributed by atoms with E-state index in [2.05, 4.69) is 0 Å². The van der Waals surface area contributed by atoms with Crippen molar-refractivity contribution in [1.29, 1.82) is 0 Å². The van der Waals surface area contributed by atoms with Crippen molar-refractivity contribution in [3.05, 3.63) is 63.1 Å². The van der Waals surface area contributed by atoms with Crippen LogP contribution in [0.5, 0.6) is 5.75 Å². The van der Waals surface area contributed by atoms with Crippen LogP contribution >= 0.6 is 34.8 Å². The van der Waals surface area contributed by atoms with E-state index < -0.39 is 0 Å². The van der Waals surface area contributed by atoms with E-state index in [0.29, 0.717) is 20.8 Å². The standard InChI is InChI=1S/C16H16Cl3NO/c1-2-13(20)16(10-6-3-4-7-11(10)17)21-14-9-5-8-12(18)15(14)19/h3-9,13,16H,2,20H2,1H3. The fourth-order valence-corrected chi connectivity index (χ4v) is 2.59. The second kappa shape index (κ2) is 7.37. The van der Waals surface area contributed by atoms with Crippen molar-refractivity contribution >= 4 is 34.8 Å². The zero-order valence-electron chi connectivity index (χ0n) is 11.5. The molecule has 2 N–H and O–H groups in total. The summed E-state index contributed by atoms with van der Waals surface area (Å²) in [6.07, 6.45) is 0.355. The molecule has 0 bridgehead atoms. The molecular weight excluding hydrogens is 329 g/mol. The Labute approximate surface area is 139 Å². The van der Waals surface area contributed by atoms with E-state index in [0.717, 1.165) is 12.0 Å². The average Bonchev–Trinajstić information content (AvgIpc) is 2.49. The zero-order valence-corrected chi connectivity index (χ0v) is 13.8. The predicted molar refractivity (Wildman–Crippen MR) is 89.5 cm³/mol. The summed E-state index contributed by atoms with van der Waals surface area (Å²) in [6.45, 7) is 2.00. The maximum atomic E-state index is 6.26. The lowest BCUT2D eigenvalue weighted by molar-refractivity contribution is 0.171. The van der Waals surface area contributed by atoms with Crippen LogP contribution in [0.3, 0.4) is 0 Å². The Hall–Kier alpha value is -0.930. The summed E-state index contributed by atoms with van der Waals surface area (Å²) < 4.78 is 6.02.